The van der Waals surface area contributed by atoms with Gasteiger partial charge in [0.05, 0.1) is 5.76 Å². The van der Waals surface area contributed by atoms with E-state index in [1.807, 2.05) is 22.3 Å². The summed E-state index contributed by atoms with van der Waals surface area (Å²) in [6, 6.07) is 5.10. The fourth-order valence-corrected chi connectivity index (χ4v) is 5.06. The monoisotopic (exact) mass is 447 g/mol. The van der Waals surface area contributed by atoms with Gasteiger partial charge in [0, 0.05) is 35.3 Å². The molecule has 0 saturated carbocycles. The van der Waals surface area contributed by atoms with Gasteiger partial charge in [-0.25, -0.2) is 7.50 Å². The second-order valence-electron chi connectivity index (χ2n) is 6.27. The molecule has 2 nitrogen and oxygen atoms in total. The molecule has 1 aliphatic rings. The Hall–Kier alpha value is -0.450. The maximum atomic E-state index is 13.7. The van der Waals surface area contributed by atoms with E-state index in [0.717, 1.165) is 18.4 Å². The first kappa shape index (κ1) is 18.9. The molecule has 5 heteroatoms. The van der Waals surface area contributed by atoms with E-state index in [-0.39, 0.29) is 16.9 Å². The van der Waals surface area contributed by atoms with Crippen LogP contribution in [0.1, 0.15) is 32.3 Å². The fourth-order valence-electron chi connectivity index (χ4n) is 2.98. The van der Waals surface area contributed by atoms with Crippen LogP contribution in [0.5, 0.6) is 0 Å². The topological polar surface area (TPSA) is 23.5 Å². The van der Waals surface area contributed by atoms with Gasteiger partial charge in [-0.3, -0.25) is 0 Å². The number of halogens is 2. The minimum absolute atomic E-state index is 0.0260. The Labute approximate surface area is 154 Å². The van der Waals surface area contributed by atoms with Crippen LogP contribution in [0.25, 0.3) is 0 Å². The lowest BCUT2D eigenvalue weighted by molar-refractivity contribution is 0.283. The zero-order valence-corrected chi connectivity index (χ0v) is 17.0. The highest BCUT2D eigenvalue weighted by atomic mass is 127. The SMILES string of the molecule is CCC(C)(Pc1ccc(F)cc1CN(C)I)C1CC=CC=C1O. The van der Waals surface area contributed by atoms with Crippen molar-refractivity contribution in [2.75, 3.05) is 7.05 Å². The van der Waals surface area contributed by atoms with Gasteiger partial charge in [0.25, 0.3) is 0 Å². The van der Waals surface area contributed by atoms with Gasteiger partial charge in [0.15, 0.2) is 0 Å². The smallest absolute Gasteiger partial charge is 0.123 e. The summed E-state index contributed by atoms with van der Waals surface area (Å²) in [6.45, 7) is 5.12. The van der Waals surface area contributed by atoms with E-state index in [1.54, 1.807) is 18.2 Å². The minimum atomic E-state index is -0.187. The van der Waals surface area contributed by atoms with Gasteiger partial charge in [-0.15, -0.1) is 0 Å². The van der Waals surface area contributed by atoms with Crippen LogP contribution in [0.4, 0.5) is 4.39 Å². The van der Waals surface area contributed by atoms with Crippen LogP contribution in [0.3, 0.4) is 0 Å². The number of benzene rings is 1. The number of allylic oxidation sites excluding steroid dienone is 4. The summed E-state index contributed by atoms with van der Waals surface area (Å²) in [4.78, 5) is 0. The highest BCUT2D eigenvalue weighted by Gasteiger charge is 2.36. The predicted octanol–water partition coefficient (Wildman–Crippen LogP) is 5.10. The van der Waals surface area contributed by atoms with Crippen LogP contribution in [-0.2, 0) is 6.54 Å². The first-order valence-electron chi connectivity index (χ1n) is 7.85. The van der Waals surface area contributed by atoms with Crippen molar-refractivity contribution in [2.45, 2.75) is 38.4 Å². The number of nitrogens with zero attached hydrogens (tertiary/aromatic N) is 1. The largest absolute Gasteiger partial charge is 0.512 e. The molecule has 0 fully saturated rings. The van der Waals surface area contributed by atoms with Gasteiger partial charge in [0.2, 0.25) is 0 Å². The Balaban J connectivity index is 2.31. The van der Waals surface area contributed by atoms with E-state index in [0.29, 0.717) is 20.9 Å². The Morgan fingerprint density at radius 1 is 1.48 bits per heavy atom. The Morgan fingerprint density at radius 3 is 2.83 bits per heavy atom. The summed E-state index contributed by atoms with van der Waals surface area (Å²) >= 11 is 2.22. The highest BCUT2D eigenvalue weighted by Crippen LogP contribution is 2.46. The third kappa shape index (κ3) is 4.77. The molecule has 1 aromatic rings. The number of aliphatic hydroxyl groups excluding tert-OH is 1. The molecule has 3 atom stereocenters. The second kappa shape index (κ2) is 8.09. The molecule has 1 aromatic carbocycles. The molecular weight excluding hydrogens is 423 g/mol. The maximum absolute atomic E-state index is 13.7. The first-order valence-corrected chi connectivity index (χ1v) is 9.81. The Kier molecular flexibility index (Phi) is 6.64. The second-order valence-corrected chi connectivity index (χ2v) is 9.85. The molecular formula is C18H24FINOP. The van der Waals surface area contributed by atoms with Crippen molar-refractivity contribution in [3.63, 3.8) is 0 Å². The van der Waals surface area contributed by atoms with Crippen LogP contribution in [0.2, 0.25) is 0 Å². The molecule has 2 rings (SSSR count). The summed E-state index contributed by atoms with van der Waals surface area (Å²) in [5, 5.41) is 11.5. The van der Waals surface area contributed by atoms with Crippen LogP contribution >= 0.6 is 31.4 Å². The maximum Gasteiger partial charge on any atom is 0.123 e. The molecule has 126 valence electrons. The third-order valence-electron chi connectivity index (χ3n) is 4.51. The zero-order valence-electron chi connectivity index (χ0n) is 13.8. The van der Waals surface area contributed by atoms with Crippen molar-refractivity contribution in [2.24, 2.45) is 5.92 Å². The summed E-state index contributed by atoms with van der Waals surface area (Å²) in [7, 11) is 2.51. The third-order valence-corrected chi connectivity index (χ3v) is 6.88. The van der Waals surface area contributed by atoms with E-state index in [4.69, 9.17) is 0 Å². The number of hydrogen-bond acceptors (Lipinski definition) is 2. The van der Waals surface area contributed by atoms with E-state index >= 15 is 0 Å². The lowest BCUT2D eigenvalue weighted by atomic mass is 9.84. The van der Waals surface area contributed by atoms with Crippen LogP contribution < -0.4 is 5.30 Å². The molecule has 0 radical (unpaired) electrons. The van der Waals surface area contributed by atoms with Gasteiger partial charge < -0.3 is 5.11 Å². The molecule has 23 heavy (non-hydrogen) atoms. The van der Waals surface area contributed by atoms with Gasteiger partial charge >= 0.3 is 0 Å². The standard InChI is InChI=1S/C18H24FINOP/c1-4-18(2,15-7-5-6-8-16(15)22)23-17-10-9-14(19)11-13(17)12-21(3)20/h5-6,8-11,15,22-23H,4,7,12H2,1-3H3. The molecule has 1 N–H and O–H groups in total. The van der Waals surface area contributed by atoms with Crippen LogP contribution in [0, 0.1) is 11.7 Å². The molecule has 0 saturated heterocycles. The zero-order chi connectivity index (χ0) is 17.0. The number of rotatable bonds is 6. The van der Waals surface area contributed by atoms with Gasteiger partial charge in [0.1, 0.15) is 5.82 Å². The molecule has 0 bridgehead atoms. The summed E-state index contributed by atoms with van der Waals surface area (Å²) in [5.74, 6) is 0.415. The molecule has 0 aromatic heterocycles. The first-order chi connectivity index (χ1) is 10.9. The summed E-state index contributed by atoms with van der Waals surface area (Å²) in [5.41, 5.74) is 1.04. The van der Waals surface area contributed by atoms with Crippen molar-refractivity contribution in [1.29, 1.82) is 0 Å². The van der Waals surface area contributed by atoms with Gasteiger partial charge in [-0.05, 0) is 54.1 Å². The molecule has 0 aliphatic heterocycles. The molecule has 1 aliphatic carbocycles. The lowest BCUT2D eigenvalue weighted by Gasteiger charge is -2.38. The molecule has 0 heterocycles. The predicted molar refractivity (Wildman–Crippen MR) is 106 cm³/mol. The quantitative estimate of drug-likeness (QED) is 0.373. The fraction of sp³-hybridized carbons (Fsp3) is 0.444. The van der Waals surface area contributed by atoms with Crippen LogP contribution in [0.15, 0.2) is 42.2 Å². The summed E-state index contributed by atoms with van der Waals surface area (Å²) in [6.07, 6.45) is 7.67. The average molecular weight is 447 g/mol. The molecule has 0 amide bonds. The van der Waals surface area contributed by atoms with E-state index in [2.05, 4.69) is 42.8 Å². The minimum Gasteiger partial charge on any atom is -0.512 e. The lowest BCUT2D eigenvalue weighted by Crippen LogP contribution is -2.34. The van der Waals surface area contributed by atoms with Crippen molar-refractivity contribution in [3.05, 3.63) is 53.6 Å². The average Bonchev–Trinajstić information content (AvgIpc) is 2.50. The normalized spacial score (nSPS) is 21.0. The number of hydrogen-bond donors (Lipinski definition) is 1. The van der Waals surface area contributed by atoms with Crippen molar-refractivity contribution in [1.82, 2.24) is 3.11 Å². The van der Waals surface area contributed by atoms with Crippen molar-refractivity contribution in [3.8, 4) is 0 Å². The van der Waals surface area contributed by atoms with E-state index < -0.39 is 0 Å². The van der Waals surface area contributed by atoms with Gasteiger partial charge in [-0.2, -0.15) is 0 Å². The van der Waals surface area contributed by atoms with Crippen LogP contribution in [-0.4, -0.2) is 20.4 Å². The molecule has 3 unspecified atom stereocenters. The van der Waals surface area contributed by atoms with Crippen molar-refractivity contribution < 1.29 is 9.50 Å². The number of aliphatic hydroxyl groups is 1. The van der Waals surface area contributed by atoms with Gasteiger partial charge in [-0.1, -0.05) is 40.6 Å². The Bertz CT molecular complexity index is 617. The summed E-state index contributed by atoms with van der Waals surface area (Å²) < 4.78 is 15.7. The highest BCUT2D eigenvalue weighted by molar-refractivity contribution is 14.1. The van der Waals surface area contributed by atoms with E-state index in [1.165, 1.54) is 5.30 Å². The van der Waals surface area contributed by atoms with Crippen molar-refractivity contribution >= 4 is 36.7 Å². The van der Waals surface area contributed by atoms with E-state index in [9.17, 15) is 9.50 Å². The Morgan fingerprint density at radius 2 is 2.22 bits per heavy atom. The molecule has 0 spiro atoms.